The summed E-state index contributed by atoms with van der Waals surface area (Å²) in [5.74, 6) is 1.54. The summed E-state index contributed by atoms with van der Waals surface area (Å²) in [5.41, 5.74) is 0. The van der Waals surface area contributed by atoms with Crippen molar-refractivity contribution >= 4 is 21.6 Å². The number of methoxy groups -OCH3 is 2. The minimum Gasteiger partial charge on any atom is -0.493 e. The fourth-order valence-corrected chi connectivity index (χ4v) is 4.79. The summed E-state index contributed by atoms with van der Waals surface area (Å²) < 4.78 is 43.6. The van der Waals surface area contributed by atoms with Gasteiger partial charge in [0.25, 0.3) is 0 Å². The molecule has 9 heteroatoms. The number of para-hydroxylation sites is 1. The molecule has 0 aromatic heterocycles. The van der Waals surface area contributed by atoms with Crippen molar-refractivity contribution in [2.45, 2.75) is 4.90 Å². The Labute approximate surface area is 176 Å². The van der Waals surface area contributed by atoms with Crippen molar-refractivity contribution < 1.29 is 22.6 Å². The Morgan fingerprint density at radius 1 is 0.931 bits per heavy atom. The molecule has 1 saturated heterocycles. The molecule has 0 amide bonds. The minimum absolute atomic E-state index is 0.200. The second-order valence-corrected chi connectivity index (χ2v) is 8.89. The van der Waals surface area contributed by atoms with Crippen molar-refractivity contribution in [3.05, 3.63) is 47.5 Å². The molecule has 1 heterocycles. The normalized spacial score (nSPS) is 15.8. The molecule has 2 aromatic rings. The molecular weight excluding hydrogens is 416 g/mol. The quantitative estimate of drug-likeness (QED) is 0.628. The van der Waals surface area contributed by atoms with E-state index >= 15 is 0 Å². The van der Waals surface area contributed by atoms with E-state index in [-0.39, 0.29) is 4.90 Å². The third kappa shape index (κ3) is 5.14. The van der Waals surface area contributed by atoms with Crippen molar-refractivity contribution in [2.75, 3.05) is 53.6 Å². The van der Waals surface area contributed by atoms with E-state index < -0.39 is 10.0 Å². The molecule has 1 aliphatic heterocycles. The van der Waals surface area contributed by atoms with Crippen LogP contribution in [-0.4, -0.2) is 71.2 Å². The molecule has 0 unspecified atom stereocenters. The summed E-state index contributed by atoms with van der Waals surface area (Å²) in [4.78, 5) is 2.38. The predicted molar refractivity (Wildman–Crippen MR) is 112 cm³/mol. The van der Waals surface area contributed by atoms with Gasteiger partial charge in [0.2, 0.25) is 10.0 Å². The van der Waals surface area contributed by atoms with Crippen LogP contribution in [0.25, 0.3) is 0 Å². The first-order valence-corrected chi connectivity index (χ1v) is 11.1. The van der Waals surface area contributed by atoms with E-state index in [0.29, 0.717) is 61.6 Å². The molecule has 0 N–H and O–H groups in total. The Morgan fingerprint density at radius 2 is 1.62 bits per heavy atom. The largest absolute Gasteiger partial charge is 0.493 e. The third-order valence-corrected chi connectivity index (χ3v) is 7.03. The zero-order valence-corrected chi connectivity index (χ0v) is 18.1. The molecule has 158 valence electrons. The Bertz CT molecular complexity index is 930. The summed E-state index contributed by atoms with van der Waals surface area (Å²) >= 11 is 6.09. The molecule has 29 heavy (non-hydrogen) atoms. The highest BCUT2D eigenvalue weighted by molar-refractivity contribution is 7.89. The molecule has 2 aromatic carbocycles. The highest BCUT2D eigenvalue weighted by atomic mass is 35.5. The number of benzene rings is 2. The van der Waals surface area contributed by atoms with Gasteiger partial charge in [-0.25, -0.2) is 8.42 Å². The zero-order valence-electron chi connectivity index (χ0n) is 16.5. The van der Waals surface area contributed by atoms with Gasteiger partial charge in [0.15, 0.2) is 11.5 Å². The first kappa shape index (κ1) is 21.7. The maximum atomic E-state index is 13.0. The maximum Gasteiger partial charge on any atom is 0.243 e. The van der Waals surface area contributed by atoms with Gasteiger partial charge in [0, 0.05) is 38.8 Å². The van der Waals surface area contributed by atoms with Crippen LogP contribution in [0.5, 0.6) is 17.2 Å². The van der Waals surface area contributed by atoms with Crippen LogP contribution in [0.1, 0.15) is 0 Å². The Balaban J connectivity index is 1.55. The van der Waals surface area contributed by atoms with E-state index in [2.05, 4.69) is 4.90 Å². The summed E-state index contributed by atoms with van der Waals surface area (Å²) in [5, 5.41) is 0.582. The van der Waals surface area contributed by atoms with Gasteiger partial charge in [0.1, 0.15) is 12.4 Å². The Morgan fingerprint density at radius 3 is 2.28 bits per heavy atom. The number of hydrogen-bond donors (Lipinski definition) is 0. The molecule has 1 fully saturated rings. The molecular formula is C20H25ClN2O5S. The standard InChI is InChI=1S/C20H25ClN2O5S/c1-26-19-8-7-16(15-20(19)27-2)29(24,25)23-11-9-22(10-12-23)13-14-28-18-6-4-3-5-17(18)21/h3-8,15H,9-14H2,1-2H3. The Hall–Kier alpha value is -2.00. The summed E-state index contributed by atoms with van der Waals surface area (Å²) in [7, 11) is -0.591. The van der Waals surface area contributed by atoms with Crippen LogP contribution < -0.4 is 14.2 Å². The van der Waals surface area contributed by atoms with Crippen LogP contribution in [0.2, 0.25) is 5.02 Å². The molecule has 0 saturated carbocycles. The summed E-state index contributed by atoms with van der Waals surface area (Å²) in [6, 6.07) is 12.0. The SMILES string of the molecule is COc1ccc(S(=O)(=O)N2CCN(CCOc3ccccc3Cl)CC2)cc1OC. The maximum absolute atomic E-state index is 13.0. The van der Waals surface area contributed by atoms with Gasteiger partial charge in [-0.05, 0) is 24.3 Å². The molecule has 0 aliphatic carbocycles. The monoisotopic (exact) mass is 440 g/mol. The lowest BCUT2D eigenvalue weighted by Crippen LogP contribution is -2.49. The molecule has 3 rings (SSSR count). The van der Waals surface area contributed by atoms with Crippen molar-refractivity contribution in [3.63, 3.8) is 0 Å². The fourth-order valence-electron chi connectivity index (χ4n) is 3.17. The summed E-state index contributed by atoms with van der Waals surface area (Å²) in [6.45, 7) is 3.31. The van der Waals surface area contributed by atoms with Crippen molar-refractivity contribution in [1.29, 1.82) is 0 Å². The van der Waals surface area contributed by atoms with Crippen molar-refractivity contribution in [2.24, 2.45) is 0 Å². The van der Waals surface area contributed by atoms with Crippen LogP contribution in [-0.2, 0) is 10.0 Å². The van der Waals surface area contributed by atoms with E-state index in [1.165, 1.54) is 24.6 Å². The second kappa shape index (κ2) is 9.67. The first-order valence-electron chi connectivity index (χ1n) is 9.27. The van der Waals surface area contributed by atoms with Crippen LogP contribution in [0.4, 0.5) is 0 Å². The lowest BCUT2D eigenvalue weighted by Gasteiger charge is -2.33. The molecule has 0 bridgehead atoms. The lowest BCUT2D eigenvalue weighted by molar-refractivity contribution is 0.159. The van der Waals surface area contributed by atoms with Gasteiger partial charge >= 0.3 is 0 Å². The highest BCUT2D eigenvalue weighted by Crippen LogP contribution is 2.31. The van der Waals surface area contributed by atoms with Crippen molar-refractivity contribution in [3.8, 4) is 17.2 Å². The van der Waals surface area contributed by atoms with E-state index in [4.69, 9.17) is 25.8 Å². The number of nitrogens with zero attached hydrogens (tertiary/aromatic N) is 2. The van der Waals surface area contributed by atoms with Crippen LogP contribution in [0.15, 0.2) is 47.4 Å². The van der Waals surface area contributed by atoms with Gasteiger partial charge in [-0.3, -0.25) is 4.90 Å². The number of halogens is 1. The van der Waals surface area contributed by atoms with Gasteiger partial charge < -0.3 is 14.2 Å². The lowest BCUT2D eigenvalue weighted by atomic mass is 10.3. The number of piperazine rings is 1. The van der Waals surface area contributed by atoms with Crippen LogP contribution >= 0.6 is 11.6 Å². The van der Waals surface area contributed by atoms with Gasteiger partial charge in [0.05, 0.1) is 24.1 Å². The predicted octanol–water partition coefficient (Wildman–Crippen LogP) is 2.74. The van der Waals surface area contributed by atoms with E-state index in [9.17, 15) is 8.42 Å². The number of sulfonamides is 1. The smallest absolute Gasteiger partial charge is 0.243 e. The molecule has 0 spiro atoms. The molecule has 0 radical (unpaired) electrons. The van der Waals surface area contributed by atoms with Crippen LogP contribution in [0, 0.1) is 0 Å². The average Bonchev–Trinajstić information content (AvgIpc) is 2.75. The molecule has 1 aliphatic rings. The number of hydrogen-bond acceptors (Lipinski definition) is 6. The average molecular weight is 441 g/mol. The third-order valence-electron chi connectivity index (χ3n) is 4.83. The molecule has 0 atom stereocenters. The first-order chi connectivity index (χ1) is 14.0. The van der Waals surface area contributed by atoms with Crippen LogP contribution in [0.3, 0.4) is 0 Å². The van der Waals surface area contributed by atoms with Gasteiger partial charge in [-0.15, -0.1) is 0 Å². The van der Waals surface area contributed by atoms with Crippen molar-refractivity contribution in [1.82, 2.24) is 9.21 Å². The highest BCUT2D eigenvalue weighted by Gasteiger charge is 2.29. The number of rotatable bonds is 8. The minimum atomic E-state index is -3.59. The fraction of sp³-hybridized carbons (Fsp3) is 0.400. The van der Waals surface area contributed by atoms with E-state index in [0.717, 1.165) is 0 Å². The summed E-state index contributed by atoms with van der Waals surface area (Å²) in [6.07, 6.45) is 0. The number of ether oxygens (including phenoxy) is 3. The molecule has 7 nitrogen and oxygen atoms in total. The van der Waals surface area contributed by atoms with Gasteiger partial charge in [-0.1, -0.05) is 23.7 Å². The Kier molecular flexibility index (Phi) is 7.23. The van der Waals surface area contributed by atoms with E-state index in [1.807, 2.05) is 18.2 Å². The van der Waals surface area contributed by atoms with Gasteiger partial charge in [-0.2, -0.15) is 4.31 Å². The van der Waals surface area contributed by atoms with E-state index in [1.54, 1.807) is 18.2 Å². The zero-order chi connectivity index (χ0) is 20.9. The second-order valence-electron chi connectivity index (χ2n) is 6.54. The topological polar surface area (TPSA) is 68.3 Å².